The minimum atomic E-state index is -0.924. The molecule has 1 aliphatic heterocycles. The van der Waals surface area contributed by atoms with Crippen LogP contribution in [-0.2, 0) is 9.59 Å². The van der Waals surface area contributed by atoms with Gasteiger partial charge in [-0.15, -0.1) is 11.3 Å². The SMILES string of the molecule is O=C(CN1C(=O)C(=O)N(CCC2=CCCCC2)C1=O)c1ccc(Br)s1. The number of allylic oxidation sites excluding steroid dienone is 1. The highest BCUT2D eigenvalue weighted by molar-refractivity contribution is 9.11. The number of ketones is 1. The molecule has 2 heterocycles. The number of rotatable bonds is 6. The molecule has 1 aromatic rings. The van der Waals surface area contributed by atoms with Gasteiger partial charge >= 0.3 is 17.8 Å². The van der Waals surface area contributed by atoms with Gasteiger partial charge in [-0.1, -0.05) is 11.6 Å². The van der Waals surface area contributed by atoms with E-state index in [1.807, 2.05) is 0 Å². The summed E-state index contributed by atoms with van der Waals surface area (Å²) in [6.45, 7) is -0.222. The zero-order chi connectivity index (χ0) is 18.0. The van der Waals surface area contributed by atoms with E-state index in [1.54, 1.807) is 12.1 Å². The molecule has 1 fully saturated rings. The van der Waals surface area contributed by atoms with E-state index in [1.165, 1.54) is 16.9 Å². The second kappa shape index (κ2) is 7.61. The van der Waals surface area contributed by atoms with Crippen LogP contribution in [0, 0.1) is 0 Å². The minimum absolute atomic E-state index is 0.185. The number of hydrogen-bond acceptors (Lipinski definition) is 5. The lowest BCUT2D eigenvalue weighted by Gasteiger charge is -2.17. The Kier molecular flexibility index (Phi) is 5.48. The number of nitrogens with zero attached hydrogens (tertiary/aromatic N) is 2. The molecule has 1 aliphatic carbocycles. The van der Waals surface area contributed by atoms with Crippen LogP contribution < -0.4 is 0 Å². The quantitative estimate of drug-likeness (QED) is 0.303. The number of imide groups is 2. The van der Waals surface area contributed by atoms with Crippen molar-refractivity contribution in [1.29, 1.82) is 0 Å². The van der Waals surface area contributed by atoms with Crippen LogP contribution in [-0.4, -0.2) is 46.5 Å². The third-order valence-electron chi connectivity index (χ3n) is 4.33. The topological polar surface area (TPSA) is 74.8 Å². The van der Waals surface area contributed by atoms with Gasteiger partial charge in [0.25, 0.3) is 0 Å². The number of Topliss-reactive ketones (excluding diaryl/α,β-unsaturated/α-hetero) is 1. The largest absolute Gasteiger partial charge is 0.334 e. The molecule has 3 rings (SSSR count). The van der Waals surface area contributed by atoms with Gasteiger partial charge in [-0.2, -0.15) is 0 Å². The first-order valence-corrected chi connectivity index (χ1v) is 9.72. The molecule has 0 N–H and O–H groups in total. The summed E-state index contributed by atoms with van der Waals surface area (Å²) in [6, 6.07) is 2.65. The molecule has 0 spiro atoms. The van der Waals surface area contributed by atoms with Crippen LogP contribution in [0.2, 0.25) is 0 Å². The Morgan fingerprint density at radius 2 is 1.88 bits per heavy atom. The van der Waals surface area contributed by atoms with Crippen LogP contribution in [0.1, 0.15) is 41.8 Å². The summed E-state index contributed by atoms with van der Waals surface area (Å²) in [5, 5.41) is 0. The van der Waals surface area contributed by atoms with Crippen molar-refractivity contribution in [3.05, 3.63) is 32.4 Å². The summed E-state index contributed by atoms with van der Waals surface area (Å²) in [4.78, 5) is 51.0. The van der Waals surface area contributed by atoms with Crippen molar-refractivity contribution in [2.45, 2.75) is 32.1 Å². The van der Waals surface area contributed by atoms with Crippen molar-refractivity contribution in [2.75, 3.05) is 13.1 Å². The fourth-order valence-electron chi connectivity index (χ4n) is 2.96. The third-order valence-corrected chi connectivity index (χ3v) is 5.99. The molecule has 25 heavy (non-hydrogen) atoms. The lowest BCUT2D eigenvalue weighted by molar-refractivity contribution is -0.143. The first kappa shape index (κ1) is 18.0. The van der Waals surface area contributed by atoms with E-state index in [2.05, 4.69) is 22.0 Å². The van der Waals surface area contributed by atoms with Crippen LogP contribution in [0.15, 0.2) is 27.6 Å². The predicted molar refractivity (Wildman–Crippen MR) is 96.3 cm³/mol. The van der Waals surface area contributed by atoms with Crippen molar-refractivity contribution in [2.24, 2.45) is 0 Å². The van der Waals surface area contributed by atoms with E-state index in [0.29, 0.717) is 11.3 Å². The van der Waals surface area contributed by atoms with E-state index >= 15 is 0 Å². The highest BCUT2D eigenvalue weighted by Gasteiger charge is 2.45. The normalized spacial score (nSPS) is 18.1. The molecule has 8 heteroatoms. The van der Waals surface area contributed by atoms with Crippen molar-refractivity contribution in [3.8, 4) is 0 Å². The Balaban J connectivity index is 1.64. The number of thiophene rings is 1. The Hall–Kier alpha value is -1.80. The summed E-state index contributed by atoms with van der Waals surface area (Å²) >= 11 is 4.49. The number of hydrogen-bond donors (Lipinski definition) is 0. The highest BCUT2D eigenvalue weighted by Crippen LogP contribution is 2.24. The van der Waals surface area contributed by atoms with Gasteiger partial charge in [-0.3, -0.25) is 19.3 Å². The molecule has 0 bridgehead atoms. The molecule has 1 saturated heterocycles. The average molecular weight is 425 g/mol. The van der Waals surface area contributed by atoms with E-state index in [0.717, 1.165) is 39.3 Å². The summed E-state index contributed by atoms with van der Waals surface area (Å²) in [5.74, 6) is -2.13. The molecule has 6 nitrogen and oxygen atoms in total. The lowest BCUT2D eigenvalue weighted by Crippen LogP contribution is -2.37. The number of carbonyl (C=O) groups excluding carboxylic acids is 4. The summed E-state index contributed by atoms with van der Waals surface area (Å²) in [6.07, 6.45) is 7.01. The predicted octanol–water partition coefficient (Wildman–Crippen LogP) is 3.37. The lowest BCUT2D eigenvalue weighted by atomic mass is 9.97. The van der Waals surface area contributed by atoms with E-state index in [4.69, 9.17) is 0 Å². The Bertz CT molecular complexity index is 770. The highest BCUT2D eigenvalue weighted by atomic mass is 79.9. The van der Waals surface area contributed by atoms with Gasteiger partial charge in [0.2, 0.25) is 0 Å². The molecular formula is C17H17BrN2O4S. The molecule has 0 aromatic carbocycles. The Morgan fingerprint density at radius 1 is 1.12 bits per heavy atom. The van der Waals surface area contributed by atoms with Crippen LogP contribution >= 0.6 is 27.3 Å². The average Bonchev–Trinajstić information content (AvgIpc) is 3.13. The third kappa shape index (κ3) is 3.90. The van der Waals surface area contributed by atoms with Gasteiger partial charge in [0.05, 0.1) is 15.2 Å². The van der Waals surface area contributed by atoms with E-state index < -0.39 is 24.4 Å². The van der Waals surface area contributed by atoms with Gasteiger partial charge in [-0.05, 0) is 60.2 Å². The van der Waals surface area contributed by atoms with Gasteiger partial charge in [-0.25, -0.2) is 9.69 Å². The minimum Gasteiger partial charge on any atom is -0.291 e. The zero-order valence-electron chi connectivity index (χ0n) is 13.5. The van der Waals surface area contributed by atoms with Crippen molar-refractivity contribution < 1.29 is 19.2 Å². The number of carbonyl (C=O) groups is 4. The van der Waals surface area contributed by atoms with Crippen molar-refractivity contribution in [3.63, 3.8) is 0 Å². The first-order chi connectivity index (χ1) is 12.0. The fraction of sp³-hybridized carbons (Fsp3) is 0.412. The van der Waals surface area contributed by atoms with Gasteiger partial charge in [0.15, 0.2) is 5.78 Å². The second-order valence-corrected chi connectivity index (χ2v) is 8.48. The Labute approximate surface area is 157 Å². The molecule has 0 saturated carbocycles. The van der Waals surface area contributed by atoms with E-state index in [9.17, 15) is 19.2 Å². The van der Waals surface area contributed by atoms with Crippen LogP contribution in [0.5, 0.6) is 0 Å². The van der Waals surface area contributed by atoms with Gasteiger partial charge < -0.3 is 0 Å². The zero-order valence-corrected chi connectivity index (χ0v) is 15.9. The number of amides is 4. The number of urea groups is 1. The standard InChI is InChI=1S/C17H17BrN2O4S/c18-14-7-6-13(25-14)12(21)10-20-16(23)15(22)19(17(20)24)9-8-11-4-2-1-3-5-11/h4,6-7H,1-3,5,8-10H2. The molecule has 0 radical (unpaired) electrons. The molecule has 2 aliphatic rings. The summed E-state index contributed by atoms with van der Waals surface area (Å²) in [5.41, 5.74) is 1.22. The maximum atomic E-state index is 12.4. The van der Waals surface area contributed by atoms with Crippen molar-refractivity contribution >= 4 is 50.9 Å². The molecule has 4 amide bonds. The monoisotopic (exact) mass is 424 g/mol. The molecular weight excluding hydrogens is 408 g/mol. The molecule has 0 unspecified atom stereocenters. The maximum absolute atomic E-state index is 12.4. The van der Waals surface area contributed by atoms with Gasteiger partial charge in [0.1, 0.15) is 0 Å². The molecule has 132 valence electrons. The Morgan fingerprint density at radius 3 is 2.52 bits per heavy atom. The van der Waals surface area contributed by atoms with Crippen LogP contribution in [0.25, 0.3) is 0 Å². The first-order valence-electron chi connectivity index (χ1n) is 8.11. The smallest absolute Gasteiger partial charge is 0.291 e. The second-order valence-electron chi connectivity index (χ2n) is 6.02. The van der Waals surface area contributed by atoms with Crippen LogP contribution in [0.4, 0.5) is 4.79 Å². The molecule has 1 aromatic heterocycles. The van der Waals surface area contributed by atoms with E-state index in [-0.39, 0.29) is 12.3 Å². The molecule has 0 atom stereocenters. The summed E-state index contributed by atoms with van der Waals surface area (Å²) in [7, 11) is 0. The maximum Gasteiger partial charge on any atom is 0.334 e. The summed E-state index contributed by atoms with van der Waals surface area (Å²) < 4.78 is 0.786. The fourth-order valence-corrected chi connectivity index (χ4v) is 4.28. The van der Waals surface area contributed by atoms with Crippen LogP contribution in [0.3, 0.4) is 0 Å². The van der Waals surface area contributed by atoms with Crippen molar-refractivity contribution in [1.82, 2.24) is 9.80 Å². The van der Waals surface area contributed by atoms with Gasteiger partial charge in [0, 0.05) is 6.54 Å². The number of halogens is 1.